The van der Waals surface area contributed by atoms with Gasteiger partial charge in [0.2, 0.25) is 0 Å². The Bertz CT molecular complexity index is 851. The highest BCUT2D eigenvalue weighted by atomic mass is 16.2. The number of amides is 1. The molecular formula is C23H26N4O. The molecule has 2 aromatic heterocycles. The van der Waals surface area contributed by atoms with E-state index in [9.17, 15) is 4.79 Å². The van der Waals surface area contributed by atoms with Gasteiger partial charge in [-0.1, -0.05) is 30.3 Å². The van der Waals surface area contributed by atoms with Gasteiger partial charge < -0.3 is 10.2 Å². The van der Waals surface area contributed by atoms with Gasteiger partial charge in [-0.05, 0) is 54.7 Å². The quantitative estimate of drug-likeness (QED) is 0.578. The Morgan fingerprint density at radius 2 is 1.71 bits per heavy atom. The monoisotopic (exact) mass is 374 g/mol. The molecule has 0 radical (unpaired) electrons. The number of hydrogen-bond acceptors (Lipinski definition) is 4. The molecule has 0 aliphatic heterocycles. The van der Waals surface area contributed by atoms with E-state index >= 15 is 0 Å². The zero-order valence-electron chi connectivity index (χ0n) is 16.2. The smallest absolute Gasteiger partial charge is 0.272 e. The van der Waals surface area contributed by atoms with Crippen LogP contribution in [0.5, 0.6) is 0 Å². The van der Waals surface area contributed by atoms with E-state index < -0.39 is 0 Å². The van der Waals surface area contributed by atoms with E-state index in [4.69, 9.17) is 0 Å². The minimum absolute atomic E-state index is 0.0651. The van der Waals surface area contributed by atoms with Crippen LogP contribution in [0, 0.1) is 0 Å². The Kier molecular flexibility index (Phi) is 7.13. The molecule has 1 amide bonds. The van der Waals surface area contributed by atoms with Crippen LogP contribution in [0.25, 0.3) is 0 Å². The van der Waals surface area contributed by atoms with Crippen molar-refractivity contribution >= 4 is 11.6 Å². The summed E-state index contributed by atoms with van der Waals surface area (Å²) in [7, 11) is 1.81. The second-order valence-electron chi connectivity index (χ2n) is 6.78. The van der Waals surface area contributed by atoms with Crippen LogP contribution in [0.4, 0.5) is 5.69 Å². The lowest BCUT2D eigenvalue weighted by Gasteiger charge is -2.17. The van der Waals surface area contributed by atoms with Gasteiger partial charge in [-0.15, -0.1) is 0 Å². The third kappa shape index (κ3) is 5.91. The van der Waals surface area contributed by atoms with Crippen LogP contribution in [0.1, 0.15) is 28.0 Å². The van der Waals surface area contributed by atoms with Crippen molar-refractivity contribution in [1.82, 2.24) is 14.9 Å². The molecule has 0 bridgehead atoms. The molecule has 0 atom stereocenters. The van der Waals surface area contributed by atoms with E-state index in [1.54, 1.807) is 36.6 Å². The highest BCUT2D eigenvalue weighted by molar-refractivity contribution is 5.92. The summed E-state index contributed by atoms with van der Waals surface area (Å²) >= 11 is 0. The summed E-state index contributed by atoms with van der Waals surface area (Å²) in [5.41, 5.74) is 3.91. The van der Waals surface area contributed by atoms with Crippen molar-refractivity contribution in [3.63, 3.8) is 0 Å². The fourth-order valence-corrected chi connectivity index (χ4v) is 2.94. The summed E-state index contributed by atoms with van der Waals surface area (Å²) < 4.78 is 0. The Balaban J connectivity index is 1.43. The van der Waals surface area contributed by atoms with Crippen LogP contribution in [-0.4, -0.2) is 40.9 Å². The molecule has 1 N–H and O–H groups in total. The summed E-state index contributed by atoms with van der Waals surface area (Å²) in [4.78, 5) is 22.6. The fraction of sp³-hybridized carbons (Fsp3) is 0.261. The van der Waals surface area contributed by atoms with Crippen molar-refractivity contribution in [1.29, 1.82) is 0 Å². The number of nitrogens with one attached hydrogen (secondary N) is 1. The number of nitrogens with zero attached hydrogens (tertiary/aromatic N) is 3. The van der Waals surface area contributed by atoms with Gasteiger partial charge in [0.15, 0.2) is 0 Å². The Morgan fingerprint density at radius 3 is 2.43 bits per heavy atom. The largest absolute Gasteiger partial charge is 0.384 e. The molecule has 0 unspecified atom stereocenters. The normalized spacial score (nSPS) is 10.5. The van der Waals surface area contributed by atoms with E-state index in [0.29, 0.717) is 12.2 Å². The zero-order chi connectivity index (χ0) is 19.6. The first-order valence-electron chi connectivity index (χ1n) is 9.60. The molecule has 0 saturated carbocycles. The second kappa shape index (κ2) is 10.2. The van der Waals surface area contributed by atoms with E-state index in [1.165, 1.54) is 5.56 Å². The van der Waals surface area contributed by atoms with E-state index in [1.807, 2.05) is 24.3 Å². The predicted octanol–water partition coefficient (Wildman–Crippen LogP) is 3.84. The Hall–Kier alpha value is -3.21. The van der Waals surface area contributed by atoms with Crippen LogP contribution >= 0.6 is 0 Å². The predicted molar refractivity (Wildman–Crippen MR) is 112 cm³/mol. The van der Waals surface area contributed by atoms with Crippen molar-refractivity contribution in [2.45, 2.75) is 19.3 Å². The van der Waals surface area contributed by atoms with Crippen LogP contribution in [0.15, 0.2) is 73.2 Å². The SMILES string of the molecule is CN(CCc1ccncc1)C(=O)c1ccc(NCCCc2ccccc2)cn1. The maximum atomic E-state index is 12.5. The molecule has 5 heteroatoms. The van der Waals surface area contributed by atoms with Gasteiger partial charge >= 0.3 is 0 Å². The Morgan fingerprint density at radius 1 is 0.964 bits per heavy atom. The average Bonchev–Trinajstić information content (AvgIpc) is 2.76. The molecule has 28 heavy (non-hydrogen) atoms. The number of anilines is 1. The Labute approximate surface area is 166 Å². The number of hydrogen-bond donors (Lipinski definition) is 1. The number of carbonyl (C=O) groups is 1. The van der Waals surface area contributed by atoms with Crippen LogP contribution in [0.3, 0.4) is 0 Å². The molecular weight excluding hydrogens is 348 g/mol. The minimum atomic E-state index is -0.0651. The molecule has 144 valence electrons. The lowest BCUT2D eigenvalue weighted by Crippen LogP contribution is -2.29. The number of aromatic nitrogens is 2. The highest BCUT2D eigenvalue weighted by Gasteiger charge is 2.12. The summed E-state index contributed by atoms with van der Waals surface area (Å²) in [5, 5.41) is 3.36. The summed E-state index contributed by atoms with van der Waals surface area (Å²) in [5.74, 6) is -0.0651. The molecule has 5 nitrogen and oxygen atoms in total. The number of rotatable bonds is 9. The molecule has 0 fully saturated rings. The zero-order valence-corrected chi connectivity index (χ0v) is 16.2. The molecule has 0 aliphatic carbocycles. The first-order chi connectivity index (χ1) is 13.7. The molecule has 2 heterocycles. The number of pyridine rings is 2. The van der Waals surface area contributed by atoms with Gasteiger partial charge in [-0.2, -0.15) is 0 Å². The van der Waals surface area contributed by atoms with Gasteiger partial charge in [0.1, 0.15) is 5.69 Å². The van der Waals surface area contributed by atoms with Crippen molar-refractivity contribution in [2.24, 2.45) is 0 Å². The van der Waals surface area contributed by atoms with Gasteiger partial charge in [0.25, 0.3) is 5.91 Å². The lowest BCUT2D eigenvalue weighted by molar-refractivity contribution is 0.0791. The fourth-order valence-electron chi connectivity index (χ4n) is 2.94. The number of carbonyl (C=O) groups excluding carboxylic acids is 1. The maximum Gasteiger partial charge on any atom is 0.272 e. The number of aryl methyl sites for hydroxylation is 1. The molecule has 1 aromatic carbocycles. The second-order valence-corrected chi connectivity index (χ2v) is 6.78. The first-order valence-corrected chi connectivity index (χ1v) is 9.60. The van der Waals surface area contributed by atoms with E-state index in [0.717, 1.165) is 37.1 Å². The standard InChI is InChI=1S/C23H26N4O/c1-27(17-13-20-11-15-24-16-12-20)23(28)22-10-9-21(18-26-22)25-14-5-8-19-6-3-2-4-7-19/h2-4,6-7,9-12,15-16,18,25H,5,8,13-14,17H2,1H3. The van der Waals surface area contributed by atoms with Crippen LogP contribution in [-0.2, 0) is 12.8 Å². The molecule has 0 saturated heterocycles. The number of benzene rings is 1. The van der Waals surface area contributed by atoms with Crippen molar-refractivity contribution < 1.29 is 4.79 Å². The topological polar surface area (TPSA) is 58.1 Å². The number of likely N-dealkylation sites (N-methyl/N-ethyl adjacent to an activating group) is 1. The lowest BCUT2D eigenvalue weighted by atomic mass is 10.1. The molecule has 0 spiro atoms. The highest BCUT2D eigenvalue weighted by Crippen LogP contribution is 2.10. The molecule has 0 aliphatic rings. The summed E-state index contributed by atoms with van der Waals surface area (Å²) in [6.45, 7) is 1.51. The third-order valence-electron chi connectivity index (χ3n) is 4.63. The van der Waals surface area contributed by atoms with Gasteiger partial charge in [0, 0.05) is 32.5 Å². The van der Waals surface area contributed by atoms with Crippen LogP contribution in [0.2, 0.25) is 0 Å². The summed E-state index contributed by atoms with van der Waals surface area (Å²) in [6.07, 6.45) is 8.15. The first kappa shape index (κ1) is 19.5. The third-order valence-corrected chi connectivity index (χ3v) is 4.63. The molecule has 3 rings (SSSR count). The van der Waals surface area contributed by atoms with Crippen LogP contribution < -0.4 is 5.32 Å². The van der Waals surface area contributed by atoms with Crippen molar-refractivity contribution in [3.8, 4) is 0 Å². The van der Waals surface area contributed by atoms with Gasteiger partial charge in [0.05, 0.1) is 11.9 Å². The van der Waals surface area contributed by atoms with E-state index in [2.05, 4.69) is 39.6 Å². The summed E-state index contributed by atoms with van der Waals surface area (Å²) in [6, 6.07) is 18.1. The van der Waals surface area contributed by atoms with Crippen molar-refractivity contribution in [2.75, 3.05) is 25.5 Å². The molecule has 3 aromatic rings. The average molecular weight is 374 g/mol. The van der Waals surface area contributed by atoms with E-state index in [-0.39, 0.29) is 5.91 Å². The van der Waals surface area contributed by atoms with Crippen molar-refractivity contribution in [3.05, 3.63) is 90.0 Å². The maximum absolute atomic E-state index is 12.5. The minimum Gasteiger partial charge on any atom is -0.384 e. The van der Waals surface area contributed by atoms with Gasteiger partial charge in [-0.25, -0.2) is 4.98 Å². The van der Waals surface area contributed by atoms with Gasteiger partial charge in [-0.3, -0.25) is 9.78 Å².